The molecule has 3 rings (SSSR count). The monoisotopic (exact) mass is 390 g/mol. The van der Waals surface area contributed by atoms with Crippen LogP contribution in [0.3, 0.4) is 0 Å². The third-order valence-electron chi connectivity index (χ3n) is 3.36. The van der Waals surface area contributed by atoms with E-state index in [4.69, 9.17) is 0 Å². The number of imide groups is 2. The molecule has 0 saturated carbocycles. The quantitative estimate of drug-likeness (QED) is 0.630. The molecule has 1 saturated heterocycles. The Morgan fingerprint density at radius 3 is 2.43 bits per heavy atom. The molecule has 4 amide bonds. The fourth-order valence-corrected chi connectivity index (χ4v) is 3.27. The van der Waals surface area contributed by atoms with Crippen LogP contribution < -0.4 is 10.2 Å². The molecule has 0 aliphatic carbocycles. The molecule has 116 valence electrons. The van der Waals surface area contributed by atoms with Crippen LogP contribution in [0.15, 0.2) is 45.8 Å². The molecule has 0 spiro atoms. The van der Waals surface area contributed by atoms with Crippen LogP contribution >= 0.6 is 27.3 Å². The van der Waals surface area contributed by atoms with Crippen LogP contribution in [0.1, 0.15) is 10.4 Å². The lowest BCUT2D eigenvalue weighted by atomic mass is 10.1. The highest BCUT2D eigenvalue weighted by Crippen LogP contribution is 2.25. The molecule has 1 aliphatic heterocycles. The third kappa shape index (κ3) is 2.97. The van der Waals surface area contributed by atoms with Crippen LogP contribution in [-0.4, -0.2) is 17.8 Å². The number of urea groups is 1. The first-order chi connectivity index (χ1) is 11.0. The first-order valence-electron chi connectivity index (χ1n) is 6.68. The molecule has 0 bridgehead atoms. The first kappa shape index (κ1) is 15.6. The Hall–Kier alpha value is -2.25. The summed E-state index contributed by atoms with van der Waals surface area (Å²) in [6.45, 7) is 1.89. The maximum absolute atomic E-state index is 12.6. The van der Waals surface area contributed by atoms with Crippen LogP contribution in [0.5, 0.6) is 0 Å². The van der Waals surface area contributed by atoms with Crippen molar-refractivity contribution in [3.8, 4) is 0 Å². The van der Waals surface area contributed by atoms with Gasteiger partial charge in [0.15, 0.2) is 0 Å². The first-order valence-corrected chi connectivity index (χ1v) is 8.36. The summed E-state index contributed by atoms with van der Waals surface area (Å²) in [5, 5.41) is 4.09. The summed E-state index contributed by atoms with van der Waals surface area (Å²) in [5.74, 6) is -1.31. The molecular formula is C16H11BrN2O3S. The molecule has 1 fully saturated rings. The number of benzene rings is 1. The van der Waals surface area contributed by atoms with Gasteiger partial charge in [-0.2, -0.15) is 0 Å². The van der Waals surface area contributed by atoms with Gasteiger partial charge in [-0.05, 0) is 54.3 Å². The van der Waals surface area contributed by atoms with E-state index in [0.29, 0.717) is 5.69 Å². The minimum Gasteiger partial charge on any atom is -0.273 e. The van der Waals surface area contributed by atoms with Gasteiger partial charge in [0.05, 0.1) is 5.69 Å². The zero-order valence-corrected chi connectivity index (χ0v) is 14.4. The molecule has 1 aromatic heterocycles. The largest absolute Gasteiger partial charge is 0.335 e. The Morgan fingerprint density at radius 2 is 1.83 bits per heavy atom. The summed E-state index contributed by atoms with van der Waals surface area (Å²) in [6, 6.07) is 7.86. The molecule has 0 atom stereocenters. The Kier molecular flexibility index (Phi) is 4.14. The number of carbonyl (C=O) groups is 3. The highest BCUT2D eigenvalue weighted by Gasteiger charge is 2.36. The van der Waals surface area contributed by atoms with E-state index in [1.165, 1.54) is 17.4 Å². The highest BCUT2D eigenvalue weighted by atomic mass is 79.9. The Balaban J connectivity index is 2.02. The van der Waals surface area contributed by atoms with Gasteiger partial charge < -0.3 is 0 Å². The normalized spacial score (nSPS) is 16.9. The number of nitrogens with zero attached hydrogens (tertiary/aromatic N) is 1. The van der Waals surface area contributed by atoms with Crippen LogP contribution in [0.4, 0.5) is 10.5 Å². The van der Waals surface area contributed by atoms with Crippen molar-refractivity contribution >= 4 is 56.9 Å². The summed E-state index contributed by atoms with van der Waals surface area (Å²) in [7, 11) is 0. The zero-order chi connectivity index (χ0) is 16.6. The lowest BCUT2D eigenvalue weighted by molar-refractivity contribution is -0.122. The Bertz CT molecular complexity index is 839. The lowest BCUT2D eigenvalue weighted by Gasteiger charge is -2.26. The maximum atomic E-state index is 12.6. The molecule has 5 nitrogen and oxygen atoms in total. The van der Waals surface area contributed by atoms with Gasteiger partial charge >= 0.3 is 6.03 Å². The van der Waals surface area contributed by atoms with Crippen LogP contribution in [0.2, 0.25) is 0 Å². The van der Waals surface area contributed by atoms with E-state index in [0.717, 1.165) is 19.8 Å². The number of thiophene rings is 1. The van der Waals surface area contributed by atoms with E-state index < -0.39 is 17.8 Å². The number of rotatable bonds is 2. The molecular weight excluding hydrogens is 380 g/mol. The SMILES string of the molecule is Cc1ccsc1/C=C1\C(=O)NC(=O)N(c2ccc(Br)cc2)C1=O. The molecule has 2 aromatic rings. The van der Waals surface area contributed by atoms with E-state index in [9.17, 15) is 14.4 Å². The second-order valence-corrected chi connectivity index (χ2v) is 6.77. The van der Waals surface area contributed by atoms with Crippen molar-refractivity contribution in [3.63, 3.8) is 0 Å². The van der Waals surface area contributed by atoms with E-state index in [-0.39, 0.29) is 5.57 Å². The maximum Gasteiger partial charge on any atom is 0.335 e. The number of halogens is 1. The topological polar surface area (TPSA) is 66.5 Å². The van der Waals surface area contributed by atoms with Gasteiger partial charge in [0.1, 0.15) is 5.57 Å². The van der Waals surface area contributed by atoms with Crippen molar-refractivity contribution < 1.29 is 14.4 Å². The molecule has 23 heavy (non-hydrogen) atoms. The lowest BCUT2D eigenvalue weighted by Crippen LogP contribution is -2.54. The Morgan fingerprint density at radius 1 is 1.13 bits per heavy atom. The molecule has 2 heterocycles. The van der Waals surface area contributed by atoms with E-state index in [1.807, 2.05) is 18.4 Å². The number of aryl methyl sites for hydroxylation is 1. The van der Waals surface area contributed by atoms with Crippen molar-refractivity contribution in [2.75, 3.05) is 4.90 Å². The average molecular weight is 391 g/mol. The molecule has 0 unspecified atom stereocenters. The number of hydrogen-bond acceptors (Lipinski definition) is 4. The van der Waals surface area contributed by atoms with Gasteiger partial charge in [-0.1, -0.05) is 15.9 Å². The summed E-state index contributed by atoms with van der Waals surface area (Å²) >= 11 is 4.73. The van der Waals surface area contributed by atoms with Crippen LogP contribution in [-0.2, 0) is 9.59 Å². The fraction of sp³-hybridized carbons (Fsp3) is 0.0625. The number of amides is 4. The van der Waals surface area contributed by atoms with E-state index in [1.54, 1.807) is 24.3 Å². The van der Waals surface area contributed by atoms with E-state index in [2.05, 4.69) is 21.2 Å². The second-order valence-electron chi connectivity index (χ2n) is 4.90. The average Bonchev–Trinajstić information content (AvgIpc) is 2.90. The summed E-state index contributed by atoms with van der Waals surface area (Å²) in [4.78, 5) is 38.5. The van der Waals surface area contributed by atoms with Gasteiger partial charge in [-0.25, -0.2) is 9.69 Å². The second kappa shape index (κ2) is 6.10. The number of nitrogens with one attached hydrogen (secondary N) is 1. The van der Waals surface area contributed by atoms with Crippen molar-refractivity contribution in [3.05, 3.63) is 56.2 Å². The van der Waals surface area contributed by atoms with Gasteiger partial charge in [-0.15, -0.1) is 11.3 Å². The third-order valence-corrected chi connectivity index (χ3v) is 4.86. The summed E-state index contributed by atoms with van der Waals surface area (Å²) in [6.07, 6.45) is 1.52. The summed E-state index contributed by atoms with van der Waals surface area (Å²) in [5.41, 5.74) is 1.31. The number of barbiturate groups is 1. The van der Waals surface area contributed by atoms with Gasteiger partial charge in [0.25, 0.3) is 11.8 Å². The molecule has 0 radical (unpaired) electrons. The molecule has 1 aromatic carbocycles. The Labute approximate surface area is 144 Å². The number of carbonyl (C=O) groups excluding carboxylic acids is 3. The minimum atomic E-state index is -0.748. The number of hydrogen-bond donors (Lipinski definition) is 1. The molecule has 1 N–H and O–H groups in total. The smallest absolute Gasteiger partial charge is 0.273 e. The predicted molar refractivity (Wildman–Crippen MR) is 92.2 cm³/mol. The van der Waals surface area contributed by atoms with Gasteiger partial charge in [0.2, 0.25) is 0 Å². The standard InChI is InChI=1S/C16H11BrN2O3S/c1-9-6-7-23-13(9)8-12-14(20)18-16(22)19(15(12)21)11-4-2-10(17)3-5-11/h2-8H,1H3,(H,18,20,22)/b12-8+. The van der Waals surface area contributed by atoms with Crippen molar-refractivity contribution in [2.45, 2.75) is 6.92 Å². The van der Waals surface area contributed by atoms with Crippen molar-refractivity contribution in [1.29, 1.82) is 0 Å². The molecule has 7 heteroatoms. The minimum absolute atomic E-state index is 0.0573. The van der Waals surface area contributed by atoms with Crippen LogP contribution in [0, 0.1) is 6.92 Å². The number of anilines is 1. The predicted octanol–water partition coefficient (Wildman–Crippen LogP) is 3.49. The summed E-state index contributed by atoms with van der Waals surface area (Å²) < 4.78 is 0.826. The van der Waals surface area contributed by atoms with E-state index >= 15 is 0 Å². The van der Waals surface area contributed by atoms with Crippen LogP contribution in [0.25, 0.3) is 6.08 Å². The van der Waals surface area contributed by atoms with Gasteiger partial charge in [0, 0.05) is 9.35 Å². The van der Waals surface area contributed by atoms with Crippen molar-refractivity contribution in [2.24, 2.45) is 0 Å². The fourth-order valence-electron chi connectivity index (χ4n) is 2.15. The molecule has 1 aliphatic rings. The highest BCUT2D eigenvalue weighted by molar-refractivity contribution is 9.10. The zero-order valence-electron chi connectivity index (χ0n) is 12.0. The van der Waals surface area contributed by atoms with Gasteiger partial charge in [-0.3, -0.25) is 14.9 Å². The van der Waals surface area contributed by atoms with Crippen molar-refractivity contribution in [1.82, 2.24) is 5.32 Å².